The molecular formula is C11H17ClN2. The Hall–Kier alpha value is -0.570. The van der Waals surface area contributed by atoms with E-state index < -0.39 is 0 Å². The average molecular weight is 213 g/mol. The molecule has 3 N–H and O–H groups in total. The number of benzene rings is 1. The second-order valence-corrected chi connectivity index (χ2v) is 3.86. The van der Waals surface area contributed by atoms with E-state index in [4.69, 9.17) is 17.3 Å². The van der Waals surface area contributed by atoms with E-state index in [0.29, 0.717) is 0 Å². The number of hydrogen-bond donors (Lipinski definition) is 2. The molecule has 0 radical (unpaired) electrons. The zero-order chi connectivity index (χ0) is 10.4. The van der Waals surface area contributed by atoms with Gasteiger partial charge in [0.25, 0.3) is 0 Å². The van der Waals surface area contributed by atoms with Crippen LogP contribution in [0, 0.1) is 0 Å². The lowest BCUT2D eigenvalue weighted by Gasteiger charge is -2.10. The highest BCUT2D eigenvalue weighted by molar-refractivity contribution is 6.30. The summed E-state index contributed by atoms with van der Waals surface area (Å²) < 4.78 is 0. The van der Waals surface area contributed by atoms with Crippen LogP contribution in [0.1, 0.15) is 18.9 Å². The predicted molar refractivity (Wildman–Crippen MR) is 61.4 cm³/mol. The SMILES string of the molecule is CCC(N)CNCc1ccc(Cl)cc1. The number of halogens is 1. The molecule has 0 aliphatic heterocycles. The number of hydrogen-bond acceptors (Lipinski definition) is 2. The molecule has 0 fully saturated rings. The summed E-state index contributed by atoms with van der Waals surface area (Å²) in [6, 6.07) is 8.10. The van der Waals surface area contributed by atoms with Crippen molar-refractivity contribution in [2.24, 2.45) is 5.73 Å². The molecular weight excluding hydrogens is 196 g/mol. The van der Waals surface area contributed by atoms with E-state index in [1.807, 2.05) is 24.3 Å². The Morgan fingerprint density at radius 2 is 2.00 bits per heavy atom. The summed E-state index contributed by atoms with van der Waals surface area (Å²) in [5.41, 5.74) is 7.01. The molecule has 0 aliphatic carbocycles. The van der Waals surface area contributed by atoms with Crippen LogP contribution in [0.4, 0.5) is 0 Å². The zero-order valence-electron chi connectivity index (χ0n) is 8.46. The minimum absolute atomic E-state index is 0.252. The topological polar surface area (TPSA) is 38.0 Å². The summed E-state index contributed by atoms with van der Waals surface area (Å²) in [6.45, 7) is 3.80. The first kappa shape index (κ1) is 11.5. The van der Waals surface area contributed by atoms with Crippen molar-refractivity contribution in [1.29, 1.82) is 0 Å². The minimum atomic E-state index is 0.252. The Bertz CT molecular complexity index is 258. The Morgan fingerprint density at radius 3 is 2.57 bits per heavy atom. The van der Waals surface area contributed by atoms with Crippen molar-refractivity contribution in [1.82, 2.24) is 5.32 Å². The fourth-order valence-electron chi connectivity index (χ4n) is 1.15. The van der Waals surface area contributed by atoms with Crippen LogP contribution in [0.5, 0.6) is 0 Å². The lowest BCUT2D eigenvalue weighted by Crippen LogP contribution is -2.32. The molecule has 0 saturated carbocycles. The molecule has 0 aromatic heterocycles. The van der Waals surface area contributed by atoms with Crippen LogP contribution in [0.25, 0.3) is 0 Å². The van der Waals surface area contributed by atoms with Gasteiger partial charge in [0.2, 0.25) is 0 Å². The first-order valence-electron chi connectivity index (χ1n) is 4.93. The third-order valence-corrected chi connectivity index (χ3v) is 2.43. The monoisotopic (exact) mass is 212 g/mol. The van der Waals surface area contributed by atoms with Gasteiger partial charge in [-0.25, -0.2) is 0 Å². The van der Waals surface area contributed by atoms with Crippen molar-refractivity contribution in [3.8, 4) is 0 Å². The minimum Gasteiger partial charge on any atom is -0.327 e. The fraction of sp³-hybridized carbons (Fsp3) is 0.455. The third-order valence-electron chi connectivity index (χ3n) is 2.17. The van der Waals surface area contributed by atoms with Crippen LogP contribution < -0.4 is 11.1 Å². The van der Waals surface area contributed by atoms with E-state index in [-0.39, 0.29) is 6.04 Å². The van der Waals surface area contributed by atoms with Gasteiger partial charge >= 0.3 is 0 Å². The van der Waals surface area contributed by atoms with Gasteiger partial charge in [0.15, 0.2) is 0 Å². The molecule has 0 spiro atoms. The van der Waals surface area contributed by atoms with Gasteiger partial charge in [0.05, 0.1) is 0 Å². The Labute approximate surface area is 90.4 Å². The molecule has 0 amide bonds. The van der Waals surface area contributed by atoms with Gasteiger partial charge in [-0.3, -0.25) is 0 Å². The Balaban J connectivity index is 2.28. The molecule has 2 nitrogen and oxygen atoms in total. The van der Waals surface area contributed by atoms with E-state index in [1.54, 1.807) is 0 Å². The summed E-state index contributed by atoms with van der Waals surface area (Å²) in [6.07, 6.45) is 1.01. The molecule has 0 bridgehead atoms. The molecule has 78 valence electrons. The average Bonchev–Trinajstić information content (AvgIpc) is 2.21. The number of rotatable bonds is 5. The molecule has 0 heterocycles. The smallest absolute Gasteiger partial charge is 0.0406 e. The summed E-state index contributed by atoms with van der Waals surface area (Å²) in [4.78, 5) is 0. The van der Waals surface area contributed by atoms with Gasteiger partial charge in [0, 0.05) is 24.2 Å². The maximum absolute atomic E-state index is 5.78. The van der Waals surface area contributed by atoms with Crippen molar-refractivity contribution >= 4 is 11.6 Å². The van der Waals surface area contributed by atoms with Gasteiger partial charge in [0.1, 0.15) is 0 Å². The molecule has 1 aromatic carbocycles. The van der Waals surface area contributed by atoms with Crippen LogP contribution in [0.15, 0.2) is 24.3 Å². The number of nitrogens with one attached hydrogen (secondary N) is 1. The highest BCUT2D eigenvalue weighted by Gasteiger charge is 1.98. The molecule has 14 heavy (non-hydrogen) atoms. The van der Waals surface area contributed by atoms with E-state index >= 15 is 0 Å². The Kier molecular flexibility index (Phi) is 4.94. The molecule has 0 saturated heterocycles. The molecule has 1 rings (SSSR count). The van der Waals surface area contributed by atoms with E-state index in [9.17, 15) is 0 Å². The van der Waals surface area contributed by atoms with E-state index in [1.165, 1.54) is 5.56 Å². The number of nitrogens with two attached hydrogens (primary N) is 1. The second-order valence-electron chi connectivity index (χ2n) is 3.43. The lowest BCUT2D eigenvalue weighted by molar-refractivity contribution is 0.563. The quantitative estimate of drug-likeness (QED) is 0.785. The van der Waals surface area contributed by atoms with E-state index in [2.05, 4.69) is 12.2 Å². The Morgan fingerprint density at radius 1 is 1.36 bits per heavy atom. The highest BCUT2D eigenvalue weighted by Crippen LogP contribution is 2.08. The molecule has 1 unspecified atom stereocenters. The first-order chi connectivity index (χ1) is 6.72. The second kappa shape index (κ2) is 6.02. The molecule has 1 aromatic rings. The maximum atomic E-state index is 5.78. The summed E-state index contributed by atoms with van der Waals surface area (Å²) >= 11 is 5.78. The lowest BCUT2D eigenvalue weighted by atomic mass is 10.2. The standard InChI is InChI=1S/C11H17ClN2/c1-2-11(13)8-14-7-9-3-5-10(12)6-4-9/h3-6,11,14H,2,7-8,13H2,1H3. The van der Waals surface area contributed by atoms with Gasteiger partial charge in [-0.2, -0.15) is 0 Å². The van der Waals surface area contributed by atoms with Crippen molar-refractivity contribution in [3.63, 3.8) is 0 Å². The van der Waals surface area contributed by atoms with Gasteiger partial charge in [-0.05, 0) is 24.1 Å². The van der Waals surface area contributed by atoms with Crippen molar-refractivity contribution < 1.29 is 0 Å². The maximum Gasteiger partial charge on any atom is 0.0406 e. The van der Waals surface area contributed by atoms with Gasteiger partial charge < -0.3 is 11.1 Å². The fourth-order valence-corrected chi connectivity index (χ4v) is 1.27. The molecule has 0 aliphatic rings. The normalized spacial score (nSPS) is 12.8. The van der Waals surface area contributed by atoms with Gasteiger partial charge in [-0.1, -0.05) is 30.7 Å². The highest BCUT2D eigenvalue weighted by atomic mass is 35.5. The summed E-state index contributed by atoms with van der Waals surface area (Å²) in [7, 11) is 0. The summed E-state index contributed by atoms with van der Waals surface area (Å²) in [5.74, 6) is 0. The van der Waals surface area contributed by atoms with E-state index in [0.717, 1.165) is 24.5 Å². The van der Waals surface area contributed by atoms with Gasteiger partial charge in [-0.15, -0.1) is 0 Å². The largest absolute Gasteiger partial charge is 0.327 e. The first-order valence-corrected chi connectivity index (χ1v) is 5.31. The molecule has 3 heteroatoms. The van der Waals surface area contributed by atoms with Crippen LogP contribution in [0.3, 0.4) is 0 Å². The van der Waals surface area contributed by atoms with Crippen molar-refractivity contribution in [3.05, 3.63) is 34.9 Å². The predicted octanol–water partition coefficient (Wildman–Crippen LogP) is 2.17. The molecule has 1 atom stereocenters. The zero-order valence-corrected chi connectivity index (χ0v) is 9.22. The van der Waals surface area contributed by atoms with Crippen molar-refractivity contribution in [2.75, 3.05) is 6.54 Å². The van der Waals surface area contributed by atoms with Crippen LogP contribution in [-0.2, 0) is 6.54 Å². The van der Waals surface area contributed by atoms with Crippen LogP contribution in [0.2, 0.25) is 5.02 Å². The van der Waals surface area contributed by atoms with Crippen molar-refractivity contribution in [2.45, 2.75) is 25.9 Å². The third kappa shape index (κ3) is 4.09. The summed E-state index contributed by atoms with van der Waals surface area (Å²) in [5, 5.41) is 4.08. The van der Waals surface area contributed by atoms with Crippen LogP contribution >= 0.6 is 11.6 Å². The van der Waals surface area contributed by atoms with Crippen LogP contribution in [-0.4, -0.2) is 12.6 Å².